The highest BCUT2D eigenvalue weighted by Crippen LogP contribution is 2.24. The summed E-state index contributed by atoms with van der Waals surface area (Å²) in [7, 11) is 4.99. The van der Waals surface area contributed by atoms with E-state index >= 15 is 0 Å². The minimum Gasteiger partial charge on any atom is -0.497 e. The summed E-state index contributed by atoms with van der Waals surface area (Å²) in [5, 5.41) is 17.3. The highest BCUT2D eigenvalue weighted by atomic mass is 127. The second-order valence-electron chi connectivity index (χ2n) is 6.41. The topological polar surface area (TPSA) is 98.0 Å². The predicted molar refractivity (Wildman–Crippen MR) is 129 cm³/mol. The number of aryl methyl sites for hydroxylation is 1. The van der Waals surface area contributed by atoms with Gasteiger partial charge in [-0.1, -0.05) is 12.1 Å². The van der Waals surface area contributed by atoms with Crippen LogP contribution in [0.1, 0.15) is 24.0 Å². The Morgan fingerprint density at radius 3 is 2.40 bits per heavy atom. The minimum atomic E-state index is -0.381. The van der Waals surface area contributed by atoms with Crippen molar-refractivity contribution in [1.82, 2.24) is 10.6 Å². The van der Waals surface area contributed by atoms with Gasteiger partial charge >= 0.3 is 0 Å². The molecule has 0 aliphatic rings. The molecule has 0 fully saturated rings. The van der Waals surface area contributed by atoms with E-state index in [2.05, 4.69) is 15.6 Å². The largest absolute Gasteiger partial charge is 0.497 e. The van der Waals surface area contributed by atoms with Gasteiger partial charge in [0.15, 0.2) is 5.96 Å². The van der Waals surface area contributed by atoms with Crippen molar-refractivity contribution < 1.29 is 14.4 Å². The Hall–Kier alpha value is -2.56. The summed E-state index contributed by atoms with van der Waals surface area (Å²) in [6, 6.07) is 12.4. The Labute approximate surface area is 194 Å². The zero-order chi connectivity index (χ0) is 21.1. The van der Waals surface area contributed by atoms with Crippen molar-refractivity contribution in [2.24, 2.45) is 4.99 Å². The number of benzene rings is 2. The van der Waals surface area contributed by atoms with E-state index in [1.807, 2.05) is 30.3 Å². The van der Waals surface area contributed by atoms with E-state index in [0.717, 1.165) is 54.4 Å². The van der Waals surface area contributed by atoms with Crippen molar-refractivity contribution in [1.29, 1.82) is 0 Å². The minimum absolute atomic E-state index is 0. The number of nitro benzene ring substituents is 1. The molecule has 0 atom stereocenters. The first kappa shape index (κ1) is 25.5. The fraction of sp³-hybridized carbons (Fsp3) is 0.381. The molecule has 30 heavy (non-hydrogen) atoms. The van der Waals surface area contributed by atoms with Crippen LogP contribution in [-0.2, 0) is 13.0 Å². The number of nitrogens with one attached hydrogen (secondary N) is 2. The Bertz CT molecular complexity index is 828. The summed E-state index contributed by atoms with van der Waals surface area (Å²) in [5.41, 5.74) is 2.23. The van der Waals surface area contributed by atoms with Crippen molar-refractivity contribution >= 4 is 35.6 Å². The van der Waals surface area contributed by atoms with E-state index in [0.29, 0.717) is 6.54 Å². The summed E-state index contributed by atoms with van der Waals surface area (Å²) in [6.45, 7) is 1.36. The number of methoxy groups -OCH3 is 2. The van der Waals surface area contributed by atoms with Gasteiger partial charge in [-0.2, -0.15) is 0 Å². The summed E-state index contributed by atoms with van der Waals surface area (Å²) in [6.07, 6.45) is 2.83. The summed E-state index contributed by atoms with van der Waals surface area (Å²) < 4.78 is 10.6. The van der Waals surface area contributed by atoms with Crippen molar-refractivity contribution in [2.45, 2.75) is 25.8 Å². The van der Waals surface area contributed by atoms with Gasteiger partial charge in [0.05, 0.1) is 19.1 Å². The number of nitrogens with zero attached hydrogens (tertiary/aromatic N) is 2. The molecule has 2 N–H and O–H groups in total. The van der Waals surface area contributed by atoms with Crippen LogP contribution in [-0.4, -0.2) is 38.7 Å². The highest BCUT2D eigenvalue weighted by molar-refractivity contribution is 14.0. The van der Waals surface area contributed by atoms with Gasteiger partial charge < -0.3 is 20.1 Å². The van der Waals surface area contributed by atoms with Crippen LogP contribution in [0.25, 0.3) is 0 Å². The maximum absolute atomic E-state index is 10.7. The average molecular weight is 528 g/mol. The van der Waals surface area contributed by atoms with Gasteiger partial charge in [-0.3, -0.25) is 15.1 Å². The molecule has 8 nitrogen and oxygen atoms in total. The normalized spacial score (nSPS) is 10.7. The Morgan fingerprint density at radius 2 is 1.80 bits per heavy atom. The van der Waals surface area contributed by atoms with E-state index in [-0.39, 0.29) is 34.6 Å². The third-order valence-electron chi connectivity index (χ3n) is 4.50. The van der Waals surface area contributed by atoms with Crippen LogP contribution in [0.2, 0.25) is 0 Å². The Morgan fingerprint density at radius 1 is 1.07 bits per heavy atom. The van der Waals surface area contributed by atoms with Gasteiger partial charge in [0.25, 0.3) is 5.69 Å². The van der Waals surface area contributed by atoms with Gasteiger partial charge in [-0.15, -0.1) is 24.0 Å². The SMILES string of the molecule is CN=C(NCCCCc1ccc([N+](=O)[O-])cc1)NCc1ccc(OC)cc1OC.I. The Kier molecular flexibility index (Phi) is 11.6. The lowest BCUT2D eigenvalue weighted by Crippen LogP contribution is -2.37. The standard InChI is InChI=1S/C21H28N4O4.HI/c1-22-21(24-15-17-9-12-19(28-2)14-20(17)29-3)23-13-5-4-6-16-7-10-18(11-8-16)25(26)27;/h7-12,14H,4-6,13,15H2,1-3H3,(H2,22,23,24);1H. The third kappa shape index (κ3) is 8.05. The van der Waals surface area contributed by atoms with Gasteiger partial charge in [0.1, 0.15) is 11.5 Å². The van der Waals surface area contributed by atoms with E-state index in [1.54, 1.807) is 33.4 Å². The molecule has 0 aromatic heterocycles. The first-order valence-electron chi connectivity index (χ1n) is 9.46. The number of hydrogen-bond donors (Lipinski definition) is 2. The molecule has 0 bridgehead atoms. The maximum atomic E-state index is 10.7. The average Bonchev–Trinajstić information content (AvgIpc) is 2.75. The third-order valence-corrected chi connectivity index (χ3v) is 4.50. The molecule has 0 aliphatic heterocycles. The molecule has 164 valence electrons. The van der Waals surface area contributed by atoms with E-state index in [9.17, 15) is 10.1 Å². The molecular weight excluding hydrogens is 499 g/mol. The number of ether oxygens (including phenoxy) is 2. The summed E-state index contributed by atoms with van der Waals surface area (Å²) in [5.74, 6) is 2.23. The van der Waals surface area contributed by atoms with Crippen LogP contribution in [0.15, 0.2) is 47.5 Å². The Balaban J connectivity index is 0.00000450. The van der Waals surface area contributed by atoms with E-state index in [4.69, 9.17) is 9.47 Å². The number of unbranched alkanes of at least 4 members (excludes halogenated alkanes) is 1. The van der Waals surface area contributed by atoms with Crippen molar-refractivity contribution in [3.05, 3.63) is 63.7 Å². The quantitative estimate of drug-likeness (QED) is 0.121. The molecule has 0 spiro atoms. The molecule has 2 aromatic carbocycles. The highest BCUT2D eigenvalue weighted by Gasteiger charge is 2.07. The van der Waals surface area contributed by atoms with Gasteiger partial charge in [0, 0.05) is 43.9 Å². The zero-order valence-corrected chi connectivity index (χ0v) is 19.8. The second-order valence-corrected chi connectivity index (χ2v) is 6.41. The molecule has 2 rings (SSSR count). The van der Waals surface area contributed by atoms with Gasteiger partial charge in [-0.05, 0) is 37.0 Å². The number of nitro groups is 1. The number of aliphatic imine (C=N–C) groups is 1. The lowest BCUT2D eigenvalue weighted by atomic mass is 10.1. The fourth-order valence-electron chi connectivity index (χ4n) is 2.84. The predicted octanol–water partition coefficient (Wildman–Crippen LogP) is 3.92. The van der Waals surface area contributed by atoms with Crippen molar-refractivity contribution in [3.63, 3.8) is 0 Å². The second kappa shape index (κ2) is 13.6. The van der Waals surface area contributed by atoms with Crippen LogP contribution in [0.5, 0.6) is 11.5 Å². The number of rotatable bonds is 10. The molecule has 0 heterocycles. The van der Waals surface area contributed by atoms with Crippen LogP contribution in [0, 0.1) is 10.1 Å². The van der Waals surface area contributed by atoms with Gasteiger partial charge in [0.2, 0.25) is 0 Å². The maximum Gasteiger partial charge on any atom is 0.269 e. The lowest BCUT2D eigenvalue weighted by Gasteiger charge is -2.14. The number of guanidine groups is 1. The van der Waals surface area contributed by atoms with Crippen molar-refractivity contribution in [3.8, 4) is 11.5 Å². The molecule has 0 saturated heterocycles. The van der Waals surface area contributed by atoms with Crippen LogP contribution in [0.4, 0.5) is 5.69 Å². The molecule has 0 unspecified atom stereocenters. The first-order chi connectivity index (χ1) is 14.1. The first-order valence-corrected chi connectivity index (χ1v) is 9.46. The molecule has 0 aliphatic carbocycles. The molecule has 9 heteroatoms. The monoisotopic (exact) mass is 528 g/mol. The fourth-order valence-corrected chi connectivity index (χ4v) is 2.84. The van der Waals surface area contributed by atoms with E-state index < -0.39 is 0 Å². The van der Waals surface area contributed by atoms with Crippen LogP contribution in [0.3, 0.4) is 0 Å². The van der Waals surface area contributed by atoms with Gasteiger partial charge in [-0.25, -0.2) is 0 Å². The zero-order valence-electron chi connectivity index (χ0n) is 17.5. The van der Waals surface area contributed by atoms with Crippen LogP contribution >= 0.6 is 24.0 Å². The van der Waals surface area contributed by atoms with Crippen molar-refractivity contribution in [2.75, 3.05) is 27.8 Å². The number of halogens is 1. The molecule has 0 radical (unpaired) electrons. The number of non-ortho nitro benzene ring substituents is 1. The van der Waals surface area contributed by atoms with Crippen LogP contribution < -0.4 is 20.1 Å². The van der Waals surface area contributed by atoms with E-state index in [1.165, 1.54) is 0 Å². The summed E-state index contributed by atoms with van der Waals surface area (Å²) >= 11 is 0. The summed E-state index contributed by atoms with van der Waals surface area (Å²) in [4.78, 5) is 14.5. The molecule has 2 aromatic rings. The number of hydrogen-bond acceptors (Lipinski definition) is 5. The molecule has 0 saturated carbocycles. The molecule has 0 amide bonds. The molecular formula is C21H29IN4O4. The smallest absolute Gasteiger partial charge is 0.269 e. The lowest BCUT2D eigenvalue weighted by molar-refractivity contribution is -0.384.